The van der Waals surface area contributed by atoms with E-state index in [-0.39, 0.29) is 51.2 Å². The number of halogens is 7. The van der Waals surface area contributed by atoms with Crippen LogP contribution in [0.3, 0.4) is 0 Å². The normalized spacial score (nSPS) is 20.0. The van der Waals surface area contributed by atoms with Gasteiger partial charge in [-0.2, -0.15) is 26.3 Å². The lowest BCUT2D eigenvalue weighted by molar-refractivity contribution is -0.160. The molecule has 0 radical (unpaired) electrons. The standard InChI is InChI=1S/C33H35ClF6N4O4S/c1-42(15-16-47-2)13-9-26-31(48-24-18-27(49-20-24)33(38,39)40,30(46)43-14-8-21-17-23(34)7-6-22(21)19-43)10-4-12-44(26)29(45)28-25(32(35,36)37)5-3-11-41-28/h3,5-7,11,17-18,20,26H,4,8-10,12-16,19H2,1-2H3/t26-,31+/m1/s1. The van der Waals surface area contributed by atoms with E-state index in [4.69, 9.17) is 21.1 Å². The molecule has 2 aliphatic heterocycles. The van der Waals surface area contributed by atoms with Gasteiger partial charge in [0.15, 0.2) is 0 Å². The number of carbonyl (C=O) groups is 2. The van der Waals surface area contributed by atoms with Crippen molar-refractivity contribution < 1.29 is 45.4 Å². The molecule has 0 spiro atoms. The van der Waals surface area contributed by atoms with Crippen molar-refractivity contribution in [3.8, 4) is 5.75 Å². The summed E-state index contributed by atoms with van der Waals surface area (Å²) in [5.41, 5.74) is -2.27. The predicted molar refractivity (Wildman–Crippen MR) is 171 cm³/mol. The van der Waals surface area contributed by atoms with Gasteiger partial charge in [-0.1, -0.05) is 17.7 Å². The fourth-order valence-corrected chi connectivity index (χ4v) is 7.34. The number of amides is 2. The Hall–Kier alpha value is -3.40. The molecule has 49 heavy (non-hydrogen) atoms. The lowest BCUT2D eigenvalue weighted by Gasteiger charge is -2.50. The zero-order valence-electron chi connectivity index (χ0n) is 26.7. The van der Waals surface area contributed by atoms with Gasteiger partial charge < -0.3 is 24.2 Å². The molecule has 1 saturated heterocycles. The molecule has 16 heteroatoms. The summed E-state index contributed by atoms with van der Waals surface area (Å²) >= 11 is 6.58. The monoisotopic (exact) mass is 732 g/mol. The summed E-state index contributed by atoms with van der Waals surface area (Å²) < 4.78 is 94.8. The van der Waals surface area contributed by atoms with Crippen LogP contribution in [0.15, 0.2) is 48.0 Å². The van der Waals surface area contributed by atoms with Crippen LogP contribution in [0.4, 0.5) is 26.3 Å². The van der Waals surface area contributed by atoms with E-state index < -0.39 is 51.9 Å². The lowest BCUT2D eigenvalue weighted by Crippen LogP contribution is -2.68. The van der Waals surface area contributed by atoms with Crippen molar-refractivity contribution in [2.75, 3.05) is 46.9 Å². The molecule has 1 fully saturated rings. The number of carbonyl (C=O) groups excluding carboxylic acids is 2. The minimum atomic E-state index is -4.90. The maximum absolute atomic E-state index is 14.9. The highest BCUT2D eigenvalue weighted by Gasteiger charge is 2.56. The molecule has 5 rings (SSSR count). The third kappa shape index (κ3) is 8.16. The van der Waals surface area contributed by atoms with E-state index in [0.29, 0.717) is 35.9 Å². The smallest absolute Gasteiger partial charge is 0.425 e. The Morgan fingerprint density at radius 2 is 1.86 bits per heavy atom. The van der Waals surface area contributed by atoms with Gasteiger partial charge in [0.2, 0.25) is 5.60 Å². The second kappa shape index (κ2) is 14.8. The molecule has 2 atom stereocenters. The highest BCUT2D eigenvalue weighted by molar-refractivity contribution is 7.10. The minimum Gasteiger partial charge on any atom is -0.474 e. The number of methoxy groups -OCH3 is 1. The van der Waals surface area contributed by atoms with E-state index >= 15 is 0 Å². The lowest BCUT2D eigenvalue weighted by atomic mass is 9.79. The first-order chi connectivity index (χ1) is 23.1. The van der Waals surface area contributed by atoms with E-state index in [1.54, 1.807) is 25.2 Å². The van der Waals surface area contributed by atoms with Crippen molar-refractivity contribution in [1.29, 1.82) is 0 Å². The van der Waals surface area contributed by atoms with Gasteiger partial charge in [-0.15, -0.1) is 11.3 Å². The second-order valence-electron chi connectivity index (χ2n) is 12.1. The number of likely N-dealkylation sites (N-methyl/N-ethyl adjacent to an activating group) is 1. The van der Waals surface area contributed by atoms with Crippen molar-refractivity contribution >= 4 is 34.8 Å². The molecule has 266 valence electrons. The number of thiophene rings is 1. The van der Waals surface area contributed by atoms with Crippen LogP contribution < -0.4 is 4.74 Å². The number of benzene rings is 1. The maximum Gasteiger partial charge on any atom is 0.425 e. The van der Waals surface area contributed by atoms with E-state index in [9.17, 15) is 35.9 Å². The van der Waals surface area contributed by atoms with Crippen LogP contribution in [0.25, 0.3) is 0 Å². The summed E-state index contributed by atoms with van der Waals surface area (Å²) in [6, 6.07) is 6.73. The summed E-state index contributed by atoms with van der Waals surface area (Å²) in [5.74, 6) is -1.86. The molecule has 0 bridgehead atoms. The van der Waals surface area contributed by atoms with Crippen molar-refractivity contribution in [3.63, 3.8) is 0 Å². The van der Waals surface area contributed by atoms with Gasteiger partial charge in [-0.25, -0.2) is 0 Å². The van der Waals surface area contributed by atoms with E-state index in [1.807, 2.05) is 4.90 Å². The first kappa shape index (κ1) is 36.9. The Bertz CT molecular complexity index is 1650. The number of rotatable bonds is 10. The summed E-state index contributed by atoms with van der Waals surface area (Å²) in [4.78, 5) is 36.5. The molecule has 2 aromatic heterocycles. The predicted octanol–water partition coefficient (Wildman–Crippen LogP) is 6.81. The first-order valence-corrected chi connectivity index (χ1v) is 16.8. The number of likely N-dealkylation sites (tertiary alicyclic amines) is 1. The number of pyridine rings is 1. The van der Waals surface area contributed by atoms with Crippen molar-refractivity contribution in [3.05, 3.63) is 80.3 Å². The molecule has 0 aliphatic carbocycles. The van der Waals surface area contributed by atoms with Crippen LogP contribution in [-0.4, -0.2) is 90.1 Å². The Balaban J connectivity index is 1.61. The Morgan fingerprint density at radius 1 is 1.08 bits per heavy atom. The quantitative estimate of drug-likeness (QED) is 0.214. The molecular formula is C33H35ClF6N4O4S. The van der Waals surface area contributed by atoms with Gasteiger partial charge >= 0.3 is 12.4 Å². The summed E-state index contributed by atoms with van der Waals surface area (Å²) in [5, 5.41) is 1.68. The average molecular weight is 733 g/mol. The van der Waals surface area contributed by atoms with Crippen LogP contribution in [-0.2, 0) is 34.8 Å². The fraction of sp³-hybridized carbons (Fsp3) is 0.485. The van der Waals surface area contributed by atoms with Crippen molar-refractivity contribution in [2.24, 2.45) is 0 Å². The first-order valence-electron chi connectivity index (χ1n) is 15.6. The number of hydrogen-bond donors (Lipinski definition) is 0. The highest BCUT2D eigenvalue weighted by atomic mass is 35.5. The molecule has 0 unspecified atom stereocenters. The molecule has 0 saturated carbocycles. The number of piperidine rings is 1. The number of aromatic nitrogens is 1. The van der Waals surface area contributed by atoms with Crippen LogP contribution in [0.5, 0.6) is 5.75 Å². The van der Waals surface area contributed by atoms with Crippen LogP contribution in [0.1, 0.15) is 51.3 Å². The largest absolute Gasteiger partial charge is 0.474 e. The van der Waals surface area contributed by atoms with Gasteiger partial charge in [0, 0.05) is 68.9 Å². The van der Waals surface area contributed by atoms with Crippen LogP contribution in [0.2, 0.25) is 5.02 Å². The van der Waals surface area contributed by atoms with Crippen molar-refractivity contribution in [1.82, 2.24) is 19.7 Å². The number of nitrogens with zero attached hydrogens (tertiary/aromatic N) is 4. The Morgan fingerprint density at radius 3 is 2.55 bits per heavy atom. The van der Waals surface area contributed by atoms with Gasteiger partial charge in [-0.05, 0) is 61.7 Å². The van der Waals surface area contributed by atoms with Crippen LogP contribution >= 0.6 is 22.9 Å². The zero-order chi connectivity index (χ0) is 35.6. The molecule has 0 N–H and O–H groups in total. The summed E-state index contributed by atoms with van der Waals surface area (Å²) in [7, 11) is 3.30. The summed E-state index contributed by atoms with van der Waals surface area (Å²) in [6.07, 6.45) is -7.90. The number of fused-ring (bicyclic) bond motifs is 1. The molecule has 2 aliphatic rings. The van der Waals surface area contributed by atoms with Gasteiger partial charge in [0.05, 0.1) is 18.2 Å². The third-order valence-electron chi connectivity index (χ3n) is 8.88. The SMILES string of the molecule is COCCN(C)CC[C@H]1N(C(=O)c2ncccc2C(F)(F)F)CCC[C@@]1(Oc1csc(C(F)(F)F)c1)C(=O)N1CCc2cc(Cl)ccc2C1. The molecular weight excluding hydrogens is 698 g/mol. The summed E-state index contributed by atoms with van der Waals surface area (Å²) in [6.45, 7) is 1.41. The van der Waals surface area contributed by atoms with E-state index in [2.05, 4.69) is 4.98 Å². The number of hydrogen-bond acceptors (Lipinski definition) is 7. The maximum atomic E-state index is 14.9. The van der Waals surface area contributed by atoms with Gasteiger partial charge in [0.1, 0.15) is 16.3 Å². The molecule has 3 aromatic rings. The topological polar surface area (TPSA) is 75.2 Å². The second-order valence-corrected chi connectivity index (χ2v) is 13.5. The zero-order valence-corrected chi connectivity index (χ0v) is 28.3. The molecule has 1 aromatic carbocycles. The third-order valence-corrected chi connectivity index (χ3v) is 10.1. The van der Waals surface area contributed by atoms with E-state index in [0.717, 1.165) is 40.9 Å². The van der Waals surface area contributed by atoms with Gasteiger partial charge in [-0.3, -0.25) is 14.6 Å². The van der Waals surface area contributed by atoms with E-state index in [1.165, 1.54) is 16.9 Å². The Kier molecular flexibility index (Phi) is 11.2. The van der Waals surface area contributed by atoms with Crippen molar-refractivity contribution in [2.45, 2.75) is 56.2 Å². The van der Waals surface area contributed by atoms with Crippen LogP contribution in [0, 0.1) is 0 Å². The molecule has 2 amide bonds. The average Bonchev–Trinajstić information content (AvgIpc) is 3.54. The number of alkyl halides is 6. The minimum absolute atomic E-state index is 0.00240. The fourth-order valence-electron chi connectivity index (χ4n) is 6.47. The molecule has 4 heterocycles. The molecule has 8 nitrogen and oxygen atoms in total. The Labute approximate surface area is 288 Å². The highest BCUT2D eigenvalue weighted by Crippen LogP contribution is 2.43. The number of ether oxygens (including phenoxy) is 2. The van der Waals surface area contributed by atoms with Gasteiger partial charge in [0.25, 0.3) is 11.8 Å².